The molecular formula is C12H20N2OS. The van der Waals surface area contributed by atoms with E-state index < -0.39 is 0 Å². The van der Waals surface area contributed by atoms with E-state index in [1.54, 1.807) is 11.8 Å². The number of hydrogen-bond acceptors (Lipinski definition) is 4. The predicted octanol–water partition coefficient (Wildman–Crippen LogP) is 1.83. The topological polar surface area (TPSA) is 45.2 Å². The molecule has 16 heavy (non-hydrogen) atoms. The van der Waals surface area contributed by atoms with Crippen LogP contribution in [-0.4, -0.2) is 29.5 Å². The largest absolute Gasteiger partial charge is 0.396 e. The highest BCUT2D eigenvalue weighted by molar-refractivity contribution is 7.99. The van der Waals surface area contributed by atoms with E-state index in [1.807, 2.05) is 20.2 Å². The fraction of sp³-hybridized carbons (Fsp3) is 0.583. The van der Waals surface area contributed by atoms with Crippen molar-refractivity contribution < 1.29 is 5.11 Å². The van der Waals surface area contributed by atoms with Gasteiger partial charge in [0.15, 0.2) is 0 Å². The van der Waals surface area contributed by atoms with Gasteiger partial charge >= 0.3 is 0 Å². The van der Waals surface area contributed by atoms with E-state index in [4.69, 9.17) is 5.11 Å². The Morgan fingerprint density at radius 1 is 1.56 bits per heavy atom. The monoisotopic (exact) mass is 240 g/mol. The van der Waals surface area contributed by atoms with E-state index in [2.05, 4.69) is 23.3 Å². The summed E-state index contributed by atoms with van der Waals surface area (Å²) in [7, 11) is 1.93. The van der Waals surface area contributed by atoms with Gasteiger partial charge in [0.25, 0.3) is 0 Å². The number of thioether (sulfide) groups is 1. The lowest BCUT2D eigenvalue weighted by Crippen LogP contribution is -2.07. The average Bonchev–Trinajstić information content (AvgIpc) is 2.28. The Kier molecular flexibility index (Phi) is 5.80. The maximum absolute atomic E-state index is 8.95. The fourth-order valence-corrected chi connectivity index (χ4v) is 2.31. The molecule has 0 bridgehead atoms. The van der Waals surface area contributed by atoms with Crippen molar-refractivity contribution in [3.63, 3.8) is 0 Å². The number of hydrogen-bond donors (Lipinski definition) is 2. The van der Waals surface area contributed by atoms with Gasteiger partial charge in [0, 0.05) is 25.1 Å². The molecule has 1 aromatic rings. The summed E-state index contributed by atoms with van der Waals surface area (Å²) in [6.45, 7) is 5.21. The molecule has 1 rings (SSSR count). The van der Waals surface area contributed by atoms with E-state index in [0.717, 1.165) is 17.3 Å². The first-order valence-electron chi connectivity index (χ1n) is 5.51. The minimum absolute atomic E-state index is 0.240. The van der Waals surface area contributed by atoms with Crippen LogP contribution in [0, 0.1) is 12.8 Å². The molecule has 0 radical (unpaired) electrons. The number of aromatic nitrogens is 1. The molecular weight excluding hydrogens is 220 g/mol. The van der Waals surface area contributed by atoms with Gasteiger partial charge in [0.1, 0.15) is 0 Å². The zero-order valence-corrected chi connectivity index (χ0v) is 11.0. The van der Waals surface area contributed by atoms with Crippen LogP contribution in [0.3, 0.4) is 0 Å². The number of aryl methyl sites for hydroxylation is 1. The van der Waals surface area contributed by atoms with E-state index in [0.29, 0.717) is 5.92 Å². The highest BCUT2D eigenvalue weighted by Crippen LogP contribution is 2.22. The van der Waals surface area contributed by atoms with Crippen molar-refractivity contribution in [3.05, 3.63) is 23.4 Å². The smallest absolute Gasteiger partial charge is 0.0989 e. The number of nitrogens with zero attached hydrogens (tertiary/aromatic N) is 1. The molecule has 0 fully saturated rings. The lowest BCUT2D eigenvalue weighted by atomic mass is 10.2. The van der Waals surface area contributed by atoms with Gasteiger partial charge in [0.2, 0.25) is 0 Å². The SMILES string of the molecule is CNCc1cnc(SCC(C)CO)c(C)c1. The molecule has 0 aliphatic carbocycles. The first-order valence-corrected chi connectivity index (χ1v) is 6.49. The van der Waals surface area contributed by atoms with Crippen LogP contribution in [0.4, 0.5) is 0 Å². The van der Waals surface area contributed by atoms with Gasteiger partial charge in [-0.3, -0.25) is 0 Å². The van der Waals surface area contributed by atoms with Crippen LogP contribution in [0.2, 0.25) is 0 Å². The molecule has 0 saturated carbocycles. The van der Waals surface area contributed by atoms with Gasteiger partial charge in [-0.2, -0.15) is 0 Å². The molecule has 3 nitrogen and oxygen atoms in total. The van der Waals surface area contributed by atoms with Crippen LogP contribution in [0.1, 0.15) is 18.1 Å². The average molecular weight is 240 g/mol. The quantitative estimate of drug-likeness (QED) is 0.745. The van der Waals surface area contributed by atoms with E-state index in [1.165, 1.54) is 11.1 Å². The Morgan fingerprint density at radius 2 is 2.31 bits per heavy atom. The van der Waals surface area contributed by atoms with Crippen molar-refractivity contribution in [3.8, 4) is 0 Å². The third kappa shape index (κ3) is 4.12. The number of pyridine rings is 1. The zero-order chi connectivity index (χ0) is 12.0. The number of aliphatic hydroxyl groups excluding tert-OH is 1. The van der Waals surface area contributed by atoms with Gasteiger partial charge in [-0.1, -0.05) is 13.0 Å². The first kappa shape index (κ1) is 13.5. The summed E-state index contributed by atoms with van der Waals surface area (Å²) in [5.74, 6) is 1.23. The molecule has 90 valence electrons. The second kappa shape index (κ2) is 6.89. The Bertz CT molecular complexity index is 331. The fourth-order valence-electron chi connectivity index (χ4n) is 1.35. The van der Waals surface area contributed by atoms with E-state index >= 15 is 0 Å². The van der Waals surface area contributed by atoms with Gasteiger partial charge in [-0.25, -0.2) is 4.98 Å². The summed E-state index contributed by atoms with van der Waals surface area (Å²) in [6.07, 6.45) is 1.91. The van der Waals surface area contributed by atoms with Crippen molar-refractivity contribution in [1.82, 2.24) is 10.3 Å². The maximum Gasteiger partial charge on any atom is 0.0989 e. The molecule has 0 aliphatic rings. The lowest BCUT2D eigenvalue weighted by molar-refractivity contribution is 0.250. The van der Waals surface area contributed by atoms with Crippen molar-refractivity contribution in [2.75, 3.05) is 19.4 Å². The molecule has 1 unspecified atom stereocenters. The molecule has 0 saturated heterocycles. The van der Waals surface area contributed by atoms with Crippen LogP contribution < -0.4 is 5.32 Å². The third-order valence-electron chi connectivity index (χ3n) is 2.28. The normalized spacial score (nSPS) is 12.8. The zero-order valence-electron chi connectivity index (χ0n) is 10.2. The number of nitrogens with one attached hydrogen (secondary N) is 1. The molecule has 0 aromatic carbocycles. The summed E-state index contributed by atoms with van der Waals surface area (Å²) >= 11 is 1.71. The van der Waals surface area contributed by atoms with Crippen LogP contribution in [0.5, 0.6) is 0 Å². The molecule has 1 aromatic heterocycles. The second-order valence-corrected chi connectivity index (χ2v) is 5.10. The molecule has 0 aliphatic heterocycles. The highest BCUT2D eigenvalue weighted by Gasteiger charge is 2.05. The second-order valence-electron chi connectivity index (χ2n) is 4.09. The lowest BCUT2D eigenvalue weighted by Gasteiger charge is -2.09. The van der Waals surface area contributed by atoms with Crippen molar-refractivity contribution in [1.29, 1.82) is 0 Å². The third-order valence-corrected chi connectivity index (χ3v) is 3.72. The first-order chi connectivity index (χ1) is 7.67. The van der Waals surface area contributed by atoms with Crippen LogP contribution in [-0.2, 0) is 6.54 Å². The highest BCUT2D eigenvalue weighted by atomic mass is 32.2. The minimum atomic E-state index is 0.240. The van der Waals surface area contributed by atoms with Crippen LogP contribution in [0.15, 0.2) is 17.3 Å². The molecule has 0 amide bonds. The van der Waals surface area contributed by atoms with Crippen molar-refractivity contribution in [2.24, 2.45) is 5.92 Å². The van der Waals surface area contributed by atoms with Gasteiger partial charge < -0.3 is 10.4 Å². The van der Waals surface area contributed by atoms with Crippen molar-refractivity contribution >= 4 is 11.8 Å². The Labute approximate surface area is 102 Å². The Balaban J connectivity index is 2.60. The molecule has 1 heterocycles. The summed E-state index contributed by atoms with van der Waals surface area (Å²) in [5.41, 5.74) is 2.42. The minimum Gasteiger partial charge on any atom is -0.396 e. The number of aliphatic hydroxyl groups is 1. The van der Waals surface area contributed by atoms with E-state index in [9.17, 15) is 0 Å². The molecule has 4 heteroatoms. The Hall–Kier alpha value is -0.580. The van der Waals surface area contributed by atoms with Gasteiger partial charge in [-0.05, 0) is 31.0 Å². The standard InChI is InChI=1S/C12H20N2OS/c1-9(7-15)8-16-12-10(2)4-11(5-13-3)6-14-12/h4,6,9,13,15H,5,7-8H2,1-3H3. The summed E-state index contributed by atoms with van der Waals surface area (Å²) in [4.78, 5) is 4.44. The Morgan fingerprint density at radius 3 is 2.88 bits per heavy atom. The number of rotatable bonds is 6. The van der Waals surface area contributed by atoms with Gasteiger partial charge in [-0.15, -0.1) is 11.8 Å². The summed E-state index contributed by atoms with van der Waals surface area (Å²) in [6, 6.07) is 2.16. The summed E-state index contributed by atoms with van der Waals surface area (Å²) < 4.78 is 0. The molecule has 1 atom stereocenters. The van der Waals surface area contributed by atoms with E-state index in [-0.39, 0.29) is 6.61 Å². The molecule has 2 N–H and O–H groups in total. The summed E-state index contributed by atoms with van der Waals surface area (Å²) in [5, 5.41) is 13.1. The van der Waals surface area contributed by atoms with Crippen LogP contribution >= 0.6 is 11.8 Å². The van der Waals surface area contributed by atoms with Crippen LogP contribution in [0.25, 0.3) is 0 Å². The molecule has 0 spiro atoms. The predicted molar refractivity (Wildman–Crippen MR) is 68.7 cm³/mol. The van der Waals surface area contributed by atoms with Gasteiger partial charge in [0.05, 0.1) is 5.03 Å². The van der Waals surface area contributed by atoms with Crippen molar-refractivity contribution in [2.45, 2.75) is 25.4 Å². The maximum atomic E-state index is 8.95.